The quantitative estimate of drug-likeness (QED) is 0.477. The van der Waals surface area contributed by atoms with Crippen LogP contribution in [0.2, 0.25) is 0 Å². The van der Waals surface area contributed by atoms with Crippen molar-refractivity contribution in [3.05, 3.63) is 66.0 Å². The van der Waals surface area contributed by atoms with Gasteiger partial charge < -0.3 is 19.6 Å². The molecule has 1 aliphatic carbocycles. The largest absolute Gasteiger partial charge is 0.341 e. The van der Waals surface area contributed by atoms with Gasteiger partial charge in [0.1, 0.15) is 11.5 Å². The molecule has 0 amide bonds. The molecule has 1 N–H and O–H groups in total. The van der Waals surface area contributed by atoms with E-state index in [0.717, 1.165) is 67.2 Å². The number of hydrogen-bond acceptors (Lipinski definition) is 4. The summed E-state index contributed by atoms with van der Waals surface area (Å²) >= 11 is 5.80. The first-order valence-electron chi connectivity index (χ1n) is 11.3. The number of aromatic nitrogens is 1. The number of piperidine rings is 1. The molecule has 32 heavy (non-hydrogen) atoms. The van der Waals surface area contributed by atoms with Crippen LogP contribution in [0.3, 0.4) is 0 Å². The predicted molar refractivity (Wildman–Crippen MR) is 129 cm³/mol. The zero-order valence-electron chi connectivity index (χ0n) is 18.0. The Kier molecular flexibility index (Phi) is 6.08. The van der Waals surface area contributed by atoms with E-state index in [4.69, 9.17) is 16.7 Å². The second-order valence-corrected chi connectivity index (χ2v) is 8.91. The molecule has 0 atom stereocenters. The van der Waals surface area contributed by atoms with Crippen LogP contribution in [0.25, 0.3) is 11.3 Å². The highest BCUT2D eigenvalue weighted by Gasteiger charge is 2.34. The van der Waals surface area contributed by atoms with Crippen LogP contribution < -0.4 is 10.2 Å². The Hall–Kier alpha value is -2.93. The molecular formula is C25H27FN4OS. The maximum atomic E-state index is 13.3. The zero-order valence-corrected chi connectivity index (χ0v) is 18.8. The minimum Gasteiger partial charge on any atom is -0.341 e. The van der Waals surface area contributed by atoms with Gasteiger partial charge in [-0.3, -0.25) is 0 Å². The molecule has 2 aromatic carbocycles. The molecule has 1 saturated heterocycles. The van der Waals surface area contributed by atoms with Crippen LogP contribution in [0, 0.1) is 5.82 Å². The van der Waals surface area contributed by atoms with Crippen LogP contribution in [-0.2, 0) is 6.54 Å². The number of thiocarbonyl (C=S) groups is 1. The van der Waals surface area contributed by atoms with E-state index in [1.54, 1.807) is 12.1 Å². The van der Waals surface area contributed by atoms with Crippen molar-refractivity contribution >= 4 is 28.9 Å². The van der Waals surface area contributed by atoms with E-state index in [2.05, 4.69) is 32.4 Å². The lowest BCUT2D eigenvalue weighted by Crippen LogP contribution is -2.37. The fourth-order valence-electron chi connectivity index (χ4n) is 4.26. The van der Waals surface area contributed by atoms with Crippen LogP contribution in [0.1, 0.15) is 37.7 Å². The zero-order chi connectivity index (χ0) is 21.9. The van der Waals surface area contributed by atoms with Crippen molar-refractivity contribution in [1.29, 1.82) is 0 Å². The van der Waals surface area contributed by atoms with Gasteiger partial charge in [-0.15, -0.1) is 0 Å². The van der Waals surface area contributed by atoms with E-state index < -0.39 is 0 Å². The molecule has 1 aliphatic heterocycles. The Morgan fingerprint density at radius 3 is 2.47 bits per heavy atom. The minimum absolute atomic E-state index is 0.260. The van der Waals surface area contributed by atoms with Crippen LogP contribution >= 0.6 is 12.2 Å². The smallest absolute Gasteiger partial charge is 0.232 e. The minimum atomic E-state index is -0.260. The first kappa shape index (κ1) is 20.9. The molecule has 3 aromatic rings. The van der Waals surface area contributed by atoms with Crippen molar-refractivity contribution in [2.45, 2.75) is 44.7 Å². The number of benzene rings is 2. The van der Waals surface area contributed by atoms with Crippen LogP contribution in [-0.4, -0.2) is 34.3 Å². The van der Waals surface area contributed by atoms with Gasteiger partial charge in [0.25, 0.3) is 0 Å². The Bertz CT molecular complexity index is 1060. The maximum Gasteiger partial charge on any atom is 0.232 e. The van der Waals surface area contributed by atoms with Crippen molar-refractivity contribution in [3.63, 3.8) is 0 Å². The number of hydrogen-bond donors (Lipinski definition) is 1. The van der Waals surface area contributed by atoms with Gasteiger partial charge in [-0.05, 0) is 68.6 Å². The van der Waals surface area contributed by atoms with Crippen molar-refractivity contribution in [2.24, 2.45) is 0 Å². The molecule has 1 aromatic heterocycles. The number of halogens is 1. The first-order chi connectivity index (χ1) is 15.7. The Morgan fingerprint density at radius 2 is 1.78 bits per heavy atom. The summed E-state index contributed by atoms with van der Waals surface area (Å²) in [4.78, 5) is 4.55. The molecule has 0 radical (unpaired) electrons. The van der Waals surface area contributed by atoms with Gasteiger partial charge in [0.05, 0.1) is 12.1 Å². The van der Waals surface area contributed by atoms with Gasteiger partial charge in [-0.1, -0.05) is 35.5 Å². The maximum absolute atomic E-state index is 13.3. The Morgan fingerprint density at radius 1 is 1.06 bits per heavy atom. The third kappa shape index (κ3) is 4.63. The summed E-state index contributed by atoms with van der Waals surface area (Å²) in [5.74, 6) is 0.599. The SMILES string of the molecule is Fc1ccc(NC(=S)N(Cc2c(-c3ccccc3)noc2N2CCCCC2)C2CC2)cc1. The van der Waals surface area contributed by atoms with E-state index in [1.165, 1.54) is 18.6 Å². The van der Waals surface area contributed by atoms with Crippen molar-refractivity contribution in [3.8, 4) is 11.3 Å². The van der Waals surface area contributed by atoms with Gasteiger partial charge in [0.15, 0.2) is 5.11 Å². The van der Waals surface area contributed by atoms with Crippen LogP contribution in [0.15, 0.2) is 59.1 Å². The van der Waals surface area contributed by atoms with E-state index in [0.29, 0.717) is 17.7 Å². The lowest BCUT2D eigenvalue weighted by atomic mass is 10.1. The first-order valence-corrected chi connectivity index (χ1v) is 11.7. The third-order valence-corrected chi connectivity index (χ3v) is 6.47. The van der Waals surface area contributed by atoms with E-state index in [1.807, 2.05) is 18.2 Å². The predicted octanol–water partition coefficient (Wildman–Crippen LogP) is 5.83. The normalized spacial score (nSPS) is 16.1. The molecule has 5 rings (SSSR count). The average molecular weight is 451 g/mol. The standard InChI is InChI=1S/C25H27FN4OS/c26-19-9-11-20(12-10-19)27-25(32)30(21-13-14-21)17-22-23(18-7-3-1-4-8-18)28-31-24(22)29-15-5-2-6-16-29/h1,3-4,7-12,21H,2,5-6,13-17H2,(H,27,32). The lowest BCUT2D eigenvalue weighted by molar-refractivity contribution is 0.391. The number of anilines is 2. The second kappa shape index (κ2) is 9.28. The molecule has 166 valence electrons. The average Bonchev–Trinajstić information content (AvgIpc) is 3.59. The number of nitrogens with one attached hydrogen (secondary N) is 1. The van der Waals surface area contributed by atoms with Crippen LogP contribution in [0.5, 0.6) is 0 Å². The summed E-state index contributed by atoms with van der Waals surface area (Å²) in [7, 11) is 0. The molecule has 0 bridgehead atoms. The topological polar surface area (TPSA) is 44.5 Å². The van der Waals surface area contributed by atoms with E-state index >= 15 is 0 Å². The molecule has 2 aliphatic rings. The van der Waals surface area contributed by atoms with E-state index in [9.17, 15) is 4.39 Å². The fraction of sp³-hybridized carbons (Fsp3) is 0.360. The lowest BCUT2D eigenvalue weighted by Gasteiger charge is -2.29. The summed E-state index contributed by atoms with van der Waals surface area (Å²) in [6.45, 7) is 2.59. The molecular weight excluding hydrogens is 423 g/mol. The van der Waals surface area contributed by atoms with Gasteiger partial charge in [-0.25, -0.2) is 4.39 Å². The number of rotatable bonds is 6. The van der Waals surface area contributed by atoms with Crippen LogP contribution in [0.4, 0.5) is 16.0 Å². The van der Waals surface area contributed by atoms with Gasteiger partial charge >= 0.3 is 0 Å². The van der Waals surface area contributed by atoms with Crippen molar-refractivity contribution < 1.29 is 8.91 Å². The molecule has 0 spiro atoms. The second-order valence-electron chi connectivity index (χ2n) is 8.52. The summed E-state index contributed by atoms with van der Waals surface area (Å²) < 4.78 is 19.3. The summed E-state index contributed by atoms with van der Waals surface area (Å²) in [5.41, 5.74) is 3.78. The molecule has 0 unspecified atom stereocenters. The van der Waals surface area contributed by atoms with Gasteiger partial charge in [0.2, 0.25) is 5.88 Å². The van der Waals surface area contributed by atoms with Gasteiger partial charge in [0, 0.05) is 30.4 Å². The van der Waals surface area contributed by atoms with Crippen molar-refractivity contribution in [1.82, 2.24) is 10.1 Å². The third-order valence-electron chi connectivity index (χ3n) is 6.13. The van der Waals surface area contributed by atoms with Gasteiger partial charge in [-0.2, -0.15) is 0 Å². The summed E-state index contributed by atoms with van der Waals surface area (Å²) in [5, 5.41) is 8.43. The Balaban J connectivity index is 1.45. The molecule has 7 heteroatoms. The highest BCUT2D eigenvalue weighted by Crippen LogP contribution is 2.37. The summed E-state index contributed by atoms with van der Waals surface area (Å²) in [6, 6.07) is 16.9. The number of nitrogens with zero attached hydrogens (tertiary/aromatic N) is 3. The monoisotopic (exact) mass is 450 g/mol. The molecule has 2 fully saturated rings. The highest BCUT2D eigenvalue weighted by molar-refractivity contribution is 7.80. The Labute approximate surface area is 193 Å². The summed E-state index contributed by atoms with van der Waals surface area (Å²) in [6.07, 6.45) is 5.80. The van der Waals surface area contributed by atoms with E-state index in [-0.39, 0.29) is 5.82 Å². The molecule has 5 nitrogen and oxygen atoms in total. The fourth-order valence-corrected chi connectivity index (χ4v) is 4.59. The molecule has 2 heterocycles. The van der Waals surface area contributed by atoms with Crippen molar-refractivity contribution in [2.75, 3.05) is 23.3 Å². The molecule has 1 saturated carbocycles. The highest BCUT2D eigenvalue weighted by atomic mass is 32.1.